The summed E-state index contributed by atoms with van der Waals surface area (Å²) < 4.78 is 0. The molecule has 1 saturated heterocycles. The lowest BCUT2D eigenvalue weighted by Gasteiger charge is -2.18. The minimum atomic E-state index is -0.140. The zero-order valence-corrected chi connectivity index (χ0v) is 8.18. The summed E-state index contributed by atoms with van der Waals surface area (Å²) in [6.45, 7) is 0.466. The quantitative estimate of drug-likeness (QED) is 0.564. The number of carbonyl (C=O) groups excluding carboxylic acids is 1. The average Bonchev–Trinajstić information content (AvgIpc) is 2.50. The number of carbonyl (C=O) groups is 1. The van der Waals surface area contributed by atoms with E-state index in [1.807, 2.05) is 0 Å². The van der Waals surface area contributed by atoms with Crippen LogP contribution in [0.25, 0.3) is 0 Å². The van der Waals surface area contributed by atoms with Gasteiger partial charge in [-0.15, -0.1) is 0 Å². The molecule has 6 nitrogen and oxygen atoms in total. The van der Waals surface area contributed by atoms with Crippen molar-refractivity contribution in [2.24, 2.45) is 5.73 Å². The molecule has 0 radical (unpaired) electrons. The average molecular weight is 207 g/mol. The lowest BCUT2D eigenvalue weighted by atomic mass is 10.3. The van der Waals surface area contributed by atoms with Crippen LogP contribution in [0.5, 0.6) is 0 Å². The maximum absolute atomic E-state index is 11.6. The highest BCUT2D eigenvalue weighted by atomic mass is 16.2. The van der Waals surface area contributed by atoms with Crippen molar-refractivity contribution in [2.75, 3.05) is 22.9 Å². The van der Waals surface area contributed by atoms with Crippen LogP contribution in [-0.4, -0.2) is 23.5 Å². The molecule has 6 heteroatoms. The number of aromatic nitrogens is 1. The molecule has 1 unspecified atom stereocenters. The first-order chi connectivity index (χ1) is 7.09. The molecule has 0 aromatic carbocycles. The molecule has 2 heterocycles. The summed E-state index contributed by atoms with van der Waals surface area (Å²) in [5, 5.41) is 0. The van der Waals surface area contributed by atoms with Gasteiger partial charge in [0, 0.05) is 19.0 Å². The zero-order chi connectivity index (χ0) is 11.0. The molecule has 2 rings (SSSR count). The Hall–Kier alpha value is -1.82. The highest BCUT2D eigenvalue weighted by Gasteiger charge is 2.29. The molecule has 0 saturated carbocycles. The fraction of sp³-hybridized carbons (Fsp3) is 0.333. The van der Waals surface area contributed by atoms with E-state index in [1.165, 1.54) is 17.3 Å². The predicted octanol–water partition coefficient (Wildman–Crippen LogP) is -0.690. The van der Waals surface area contributed by atoms with Gasteiger partial charge in [-0.3, -0.25) is 9.78 Å². The fourth-order valence-electron chi connectivity index (χ4n) is 1.66. The van der Waals surface area contributed by atoms with Crippen LogP contribution >= 0.6 is 0 Å². The predicted molar refractivity (Wildman–Crippen MR) is 58.0 cm³/mol. The van der Waals surface area contributed by atoms with Gasteiger partial charge in [0.05, 0.1) is 29.5 Å². The highest BCUT2D eigenvalue weighted by molar-refractivity contribution is 6.00. The first-order valence-corrected chi connectivity index (χ1v) is 4.64. The summed E-state index contributed by atoms with van der Waals surface area (Å²) >= 11 is 0. The number of hydrogen-bond donors (Lipinski definition) is 3. The largest absolute Gasteiger partial charge is 0.396 e. The molecule has 1 atom stereocenters. The van der Waals surface area contributed by atoms with Gasteiger partial charge in [-0.05, 0) is 0 Å². The molecule has 1 aromatic rings. The third-order valence-electron chi connectivity index (χ3n) is 2.44. The molecule has 6 N–H and O–H groups in total. The Morgan fingerprint density at radius 1 is 1.40 bits per heavy atom. The minimum Gasteiger partial charge on any atom is -0.396 e. The maximum Gasteiger partial charge on any atom is 0.228 e. The molecular formula is C9H13N5O. The van der Waals surface area contributed by atoms with Crippen LogP contribution in [0.1, 0.15) is 6.42 Å². The van der Waals surface area contributed by atoms with E-state index in [4.69, 9.17) is 17.2 Å². The van der Waals surface area contributed by atoms with Gasteiger partial charge in [0.1, 0.15) is 0 Å². The summed E-state index contributed by atoms with van der Waals surface area (Å²) in [4.78, 5) is 17.0. The van der Waals surface area contributed by atoms with Crippen molar-refractivity contribution >= 4 is 23.0 Å². The maximum atomic E-state index is 11.6. The molecular weight excluding hydrogens is 194 g/mol. The van der Waals surface area contributed by atoms with Crippen LogP contribution < -0.4 is 22.1 Å². The lowest BCUT2D eigenvalue weighted by molar-refractivity contribution is -0.117. The van der Waals surface area contributed by atoms with Crippen molar-refractivity contribution in [1.82, 2.24) is 4.98 Å². The van der Waals surface area contributed by atoms with E-state index in [-0.39, 0.29) is 11.9 Å². The summed E-state index contributed by atoms with van der Waals surface area (Å²) in [6.07, 6.45) is 3.33. The smallest absolute Gasteiger partial charge is 0.228 e. The van der Waals surface area contributed by atoms with Crippen LogP contribution in [0.3, 0.4) is 0 Å². The van der Waals surface area contributed by atoms with Gasteiger partial charge in [-0.25, -0.2) is 0 Å². The monoisotopic (exact) mass is 207 g/mol. The van der Waals surface area contributed by atoms with Crippen LogP contribution in [0.4, 0.5) is 17.1 Å². The summed E-state index contributed by atoms with van der Waals surface area (Å²) in [7, 11) is 0. The minimum absolute atomic E-state index is 0.0402. The number of pyridine rings is 1. The molecule has 1 amide bonds. The van der Waals surface area contributed by atoms with Crippen molar-refractivity contribution in [3.63, 3.8) is 0 Å². The standard InChI is InChI=1S/C9H13N5O/c10-5-1-8(15)14(4-5)7-3-13-2-6(11)9(7)12/h2-3,5H,1,4,10-11H2,(H2,12,13). The van der Waals surface area contributed by atoms with E-state index >= 15 is 0 Å². The van der Waals surface area contributed by atoms with Crippen LogP contribution in [0.2, 0.25) is 0 Å². The van der Waals surface area contributed by atoms with Crippen molar-refractivity contribution in [2.45, 2.75) is 12.5 Å². The van der Waals surface area contributed by atoms with E-state index < -0.39 is 0 Å². The van der Waals surface area contributed by atoms with E-state index in [0.29, 0.717) is 30.0 Å². The first-order valence-electron chi connectivity index (χ1n) is 4.64. The van der Waals surface area contributed by atoms with E-state index in [2.05, 4.69) is 4.98 Å². The number of anilines is 3. The van der Waals surface area contributed by atoms with Crippen LogP contribution in [0, 0.1) is 0 Å². The number of hydrogen-bond acceptors (Lipinski definition) is 5. The number of amides is 1. The molecule has 80 valence electrons. The van der Waals surface area contributed by atoms with E-state index in [1.54, 1.807) is 0 Å². The normalized spacial score (nSPS) is 21.0. The third-order valence-corrected chi connectivity index (χ3v) is 2.44. The van der Waals surface area contributed by atoms with Crippen molar-refractivity contribution in [3.8, 4) is 0 Å². The second-order valence-electron chi connectivity index (χ2n) is 3.63. The summed E-state index contributed by atoms with van der Waals surface area (Å²) in [5.41, 5.74) is 18.4. The van der Waals surface area contributed by atoms with Gasteiger partial charge >= 0.3 is 0 Å². The lowest BCUT2D eigenvalue weighted by Crippen LogP contribution is -2.28. The molecule has 15 heavy (non-hydrogen) atoms. The second kappa shape index (κ2) is 3.39. The van der Waals surface area contributed by atoms with Crippen molar-refractivity contribution < 1.29 is 4.79 Å². The first kappa shape index (κ1) is 9.72. The Labute approximate surface area is 87.0 Å². The van der Waals surface area contributed by atoms with Gasteiger partial charge in [0.25, 0.3) is 0 Å². The molecule has 1 aliphatic heterocycles. The van der Waals surface area contributed by atoms with Gasteiger partial charge < -0.3 is 22.1 Å². The Morgan fingerprint density at radius 2 is 2.13 bits per heavy atom. The number of nitrogen functional groups attached to an aromatic ring is 2. The summed E-state index contributed by atoms with van der Waals surface area (Å²) in [5.74, 6) is -0.0402. The van der Waals surface area contributed by atoms with E-state index in [0.717, 1.165) is 0 Å². The van der Waals surface area contributed by atoms with Crippen LogP contribution in [-0.2, 0) is 4.79 Å². The topological polar surface area (TPSA) is 111 Å². The number of nitrogens with two attached hydrogens (primary N) is 3. The SMILES string of the molecule is Nc1cncc(N2CC(N)CC2=O)c1N. The van der Waals surface area contributed by atoms with Gasteiger partial charge in [0.15, 0.2) is 0 Å². The summed E-state index contributed by atoms with van der Waals surface area (Å²) in [6, 6.07) is -0.140. The van der Waals surface area contributed by atoms with Crippen LogP contribution in [0.15, 0.2) is 12.4 Å². The highest BCUT2D eigenvalue weighted by Crippen LogP contribution is 2.29. The number of nitrogens with zero attached hydrogens (tertiary/aromatic N) is 2. The Bertz CT molecular complexity index is 405. The molecule has 0 aliphatic carbocycles. The molecule has 1 aromatic heterocycles. The molecule has 0 spiro atoms. The van der Waals surface area contributed by atoms with Gasteiger partial charge in [-0.2, -0.15) is 0 Å². The van der Waals surface area contributed by atoms with Gasteiger partial charge in [0.2, 0.25) is 5.91 Å². The third kappa shape index (κ3) is 1.59. The molecule has 0 bridgehead atoms. The molecule has 1 fully saturated rings. The zero-order valence-electron chi connectivity index (χ0n) is 8.18. The Kier molecular flexibility index (Phi) is 2.20. The fourth-order valence-corrected chi connectivity index (χ4v) is 1.66. The van der Waals surface area contributed by atoms with Gasteiger partial charge in [-0.1, -0.05) is 0 Å². The van der Waals surface area contributed by atoms with E-state index in [9.17, 15) is 4.79 Å². The second-order valence-corrected chi connectivity index (χ2v) is 3.63. The van der Waals surface area contributed by atoms with Crippen molar-refractivity contribution in [3.05, 3.63) is 12.4 Å². The molecule has 1 aliphatic rings. The Balaban J connectivity index is 2.38. The Morgan fingerprint density at radius 3 is 2.73 bits per heavy atom. The van der Waals surface area contributed by atoms with Crippen molar-refractivity contribution in [1.29, 1.82) is 0 Å². The number of rotatable bonds is 1.